The number of hydrogen-bond donors (Lipinski definition) is 1. The van der Waals surface area contributed by atoms with Gasteiger partial charge in [-0.15, -0.1) is 0 Å². The van der Waals surface area contributed by atoms with E-state index in [1.165, 1.54) is 5.69 Å². The average molecular weight is 386 g/mol. The summed E-state index contributed by atoms with van der Waals surface area (Å²) in [7, 11) is 0. The minimum absolute atomic E-state index is 0.0989. The molecule has 1 N–H and O–H groups in total. The summed E-state index contributed by atoms with van der Waals surface area (Å²) in [5.41, 5.74) is 2.10. The van der Waals surface area contributed by atoms with Crippen molar-refractivity contribution in [2.24, 2.45) is 5.92 Å². The van der Waals surface area contributed by atoms with Crippen molar-refractivity contribution in [2.45, 2.75) is 12.5 Å². The van der Waals surface area contributed by atoms with Crippen LogP contribution >= 0.6 is 0 Å². The molecule has 2 unspecified atom stereocenters. The van der Waals surface area contributed by atoms with Crippen molar-refractivity contribution < 1.29 is 9.53 Å². The molecule has 29 heavy (non-hydrogen) atoms. The first kappa shape index (κ1) is 19.1. The Bertz CT molecular complexity index is 900. The fourth-order valence-corrected chi connectivity index (χ4v) is 3.75. The minimum atomic E-state index is -0.662. The number of anilines is 1. The van der Waals surface area contributed by atoms with Crippen LogP contribution in [0.3, 0.4) is 0 Å². The summed E-state index contributed by atoms with van der Waals surface area (Å²) in [4.78, 5) is 15.4. The van der Waals surface area contributed by atoms with Gasteiger partial charge in [0.1, 0.15) is 5.75 Å². The van der Waals surface area contributed by atoms with Crippen molar-refractivity contribution in [3.63, 3.8) is 0 Å². The van der Waals surface area contributed by atoms with Gasteiger partial charge in [-0.1, -0.05) is 66.7 Å². The number of nitrogens with one attached hydrogen (secondary N) is 1. The summed E-state index contributed by atoms with van der Waals surface area (Å²) in [5.74, 6) is 1.03. The molecule has 1 amide bonds. The fraction of sp³-hybridized carbons (Fsp3) is 0.240. The molecule has 0 spiro atoms. The van der Waals surface area contributed by atoms with Crippen molar-refractivity contribution >= 4 is 11.6 Å². The third kappa shape index (κ3) is 4.96. The number of ether oxygens (including phenoxy) is 1. The summed E-state index contributed by atoms with van der Waals surface area (Å²) in [5, 5.41) is 3.12. The van der Waals surface area contributed by atoms with E-state index in [4.69, 9.17) is 4.74 Å². The van der Waals surface area contributed by atoms with Crippen molar-refractivity contribution in [3.05, 3.63) is 96.6 Å². The van der Waals surface area contributed by atoms with Crippen LogP contribution in [0.1, 0.15) is 18.1 Å². The molecule has 148 valence electrons. The van der Waals surface area contributed by atoms with E-state index in [-0.39, 0.29) is 5.91 Å². The Kier molecular flexibility index (Phi) is 6.10. The molecule has 1 aliphatic heterocycles. The van der Waals surface area contributed by atoms with Crippen LogP contribution in [0.4, 0.5) is 5.69 Å². The molecule has 0 saturated carbocycles. The summed E-state index contributed by atoms with van der Waals surface area (Å²) in [6.07, 6.45) is 0.412. The number of carbonyl (C=O) groups is 1. The van der Waals surface area contributed by atoms with E-state index in [2.05, 4.69) is 34.5 Å². The molecule has 1 fully saturated rings. The maximum atomic E-state index is 13.0. The second-order valence-corrected chi connectivity index (χ2v) is 7.40. The van der Waals surface area contributed by atoms with Gasteiger partial charge in [-0.05, 0) is 36.6 Å². The normalized spacial score (nSPS) is 17.0. The highest BCUT2D eigenvalue weighted by Gasteiger charge is 2.26. The Hall–Kier alpha value is -3.27. The number of para-hydroxylation sites is 2. The van der Waals surface area contributed by atoms with Gasteiger partial charge in [-0.3, -0.25) is 4.79 Å². The lowest BCUT2D eigenvalue weighted by Gasteiger charge is -2.21. The molecular weight excluding hydrogens is 360 g/mol. The van der Waals surface area contributed by atoms with Crippen LogP contribution in [0.5, 0.6) is 5.75 Å². The van der Waals surface area contributed by atoms with Crippen LogP contribution < -0.4 is 15.0 Å². The van der Waals surface area contributed by atoms with Gasteiger partial charge < -0.3 is 15.0 Å². The molecule has 0 aliphatic carbocycles. The summed E-state index contributed by atoms with van der Waals surface area (Å²) >= 11 is 0. The largest absolute Gasteiger partial charge is 0.476 e. The Morgan fingerprint density at radius 1 is 0.931 bits per heavy atom. The maximum Gasteiger partial charge on any atom is 0.265 e. The Morgan fingerprint density at radius 3 is 2.24 bits per heavy atom. The molecule has 4 heteroatoms. The Labute approximate surface area is 172 Å². The minimum Gasteiger partial charge on any atom is -0.476 e. The Balaban J connectivity index is 1.38. The number of rotatable bonds is 7. The van der Waals surface area contributed by atoms with E-state index < -0.39 is 6.10 Å². The lowest BCUT2D eigenvalue weighted by Crippen LogP contribution is -2.36. The zero-order chi connectivity index (χ0) is 19.9. The highest BCUT2D eigenvalue weighted by molar-refractivity contribution is 5.82. The highest BCUT2D eigenvalue weighted by atomic mass is 16.5. The van der Waals surface area contributed by atoms with Crippen molar-refractivity contribution in [1.29, 1.82) is 0 Å². The molecule has 3 aromatic rings. The van der Waals surface area contributed by atoms with Crippen LogP contribution in [-0.4, -0.2) is 25.5 Å². The number of benzene rings is 3. The predicted octanol–water partition coefficient (Wildman–Crippen LogP) is 4.45. The fourth-order valence-electron chi connectivity index (χ4n) is 3.75. The summed E-state index contributed by atoms with van der Waals surface area (Å²) in [6, 6.07) is 29.6. The van der Waals surface area contributed by atoms with E-state index in [1.54, 1.807) is 0 Å². The number of nitrogens with zero attached hydrogens (tertiary/aromatic N) is 1. The quantitative estimate of drug-likeness (QED) is 0.652. The second-order valence-electron chi connectivity index (χ2n) is 7.40. The maximum absolute atomic E-state index is 13.0. The summed E-state index contributed by atoms with van der Waals surface area (Å²) < 4.78 is 6.05. The van der Waals surface area contributed by atoms with Gasteiger partial charge in [0.15, 0.2) is 0 Å². The highest BCUT2D eigenvalue weighted by Crippen LogP contribution is 2.24. The number of carbonyl (C=O) groups excluding carboxylic acids is 1. The standard InChI is InChI=1S/C25H26N2O2/c28-25(26-18-20-16-17-27(19-20)22-12-6-2-7-13-22)24(21-10-4-1-5-11-21)29-23-14-8-3-9-15-23/h1-15,20,24H,16-19H2,(H,26,28). The molecule has 0 bridgehead atoms. The SMILES string of the molecule is O=C(NCC1CCN(c2ccccc2)C1)C(Oc1ccccc1)c1ccccc1. The third-order valence-electron chi connectivity index (χ3n) is 5.31. The molecule has 1 heterocycles. The molecule has 2 atom stereocenters. The second kappa shape index (κ2) is 9.28. The monoisotopic (exact) mass is 386 g/mol. The van der Waals surface area contributed by atoms with Crippen LogP contribution in [0, 0.1) is 5.92 Å². The van der Waals surface area contributed by atoms with Crippen LogP contribution in [0.15, 0.2) is 91.0 Å². The molecule has 1 saturated heterocycles. The summed E-state index contributed by atoms with van der Waals surface area (Å²) in [6.45, 7) is 2.64. The molecule has 0 aromatic heterocycles. The first-order chi connectivity index (χ1) is 14.3. The van der Waals surface area contributed by atoms with Crippen molar-refractivity contribution in [3.8, 4) is 5.75 Å². The third-order valence-corrected chi connectivity index (χ3v) is 5.31. The van der Waals surface area contributed by atoms with Gasteiger partial charge in [0.05, 0.1) is 0 Å². The van der Waals surface area contributed by atoms with Crippen LogP contribution in [-0.2, 0) is 4.79 Å². The lowest BCUT2D eigenvalue weighted by atomic mass is 10.1. The van der Waals surface area contributed by atoms with Gasteiger partial charge in [0, 0.05) is 30.9 Å². The van der Waals surface area contributed by atoms with E-state index >= 15 is 0 Å². The topological polar surface area (TPSA) is 41.6 Å². The van der Waals surface area contributed by atoms with Crippen molar-refractivity contribution in [2.75, 3.05) is 24.5 Å². The molecule has 0 radical (unpaired) electrons. The first-order valence-electron chi connectivity index (χ1n) is 10.1. The smallest absolute Gasteiger partial charge is 0.265 e. The van der Waals surface area contributed by atoms with Gasteiger partial charge in [-0.2, -0.15) is 0 Å². The van der Waals surface area contributed by atoms with Gasteiger partial charge in [-0.25, -0.2) is 0 Å². The Morgan fingerprint density at radius 2 is 1.55 bits per heavy atom. The van der Waals surface area contributed by atoms with E-state index in [1.807, 2.05) is 66.7 Å². The number of hydrogen-bond acceptors (Lipinski definition) is 3. The zero-order valence-electron chi connectivity index (χ0n) is 16.4. The zero-order valence-corrected chi connectivity index (χ0v) is 16.4. The van der Waals surface area contributed by atoms with Gasteiger partial charge in [0.25, 0.3) is 5.91 Å². The number of amides is 1. The molecule has 1 aliphatic rings. The van der Waals surface area contributed by atoms with Gasteiger partial charge in [0.2, 0.25) is 6.10 Å². The first-order valence-corrected chi connectivity index (χ1v) is 10.1. The van der Waals surface area contributed by atoms with Gasteiger partial charge >= 0.3 is 0 Å². The molecular formula is C25H26N2O2. The van der Waals surface area contributed by atoms with Crippen molar-refractivity contribution in [1.82, 2.24) is 5.32 Å². The average Bonchev–Trinajstić information content (AvgIpc) is 3.27. The lowest BCUT2D eigenvalue weighted by molar-refractivity contribution is -0.128. The van der Waals surface area contributed by atoms with Crippen LogP contribution in [0.2, 0.25) is 0 Å². The van der Waals surface area contributed by atoms with E-state index in [0.717, 1.165) is 25.1 Å². The van der Waals surface area contributed by atoms with E-state index in [0.29, 0.717) is 18.2 Å². The molecule has 4 rings (SSSR count). The predicted molar refractivity (Wildman–Crippen MR) is 116 cm³/mol. The van der Waals surface area contributed by atoms with E-state index in [9.17, 15) is 4.79 Å². The van der Waals surface area contributed by atoms with Crippen LogP contribution in [0.25, 0.3) is 0 Å². The molecule has 4 nitrogen and oxygen atoms in total. The molecule has 3 aromatic carbocycles.